The molecule has 0 heterocycles. The molecule has 2 nitrogen and oxygen atoms in total. The van der Waals surface area contributed by atoms with Crippen LogP contribution in [0.4, 0.5) is 17.6 Å². The molecule has 2 atom stereocenters. The number of nitrogens with two attached hydrogens (primary N) is 1. The van der Waals surface area contributed by atoms with E-state index in [1.165, 1.54) is 13.0 Å². The fourth-order valence-electron chi connectivity index (χ4n) is 1.26. The first kappa shape index (κ1) is 16.1. The fraction of sp³-hybridized carbons (Fsp3) is 0.400. The first-order valence-electron chi connectivity index (χ1n) is 4.50. The summed E-state index contributed by atoms with van der Waals surface area (Å²) >= 11 is 0. The van der Waals surface area contributed by atoms with Crippen LogP contribution >= 0.6 is 12.4 Å². The second-order valence-electron chi connectivity index (χ2n) is 3.52. The van der Waals surface area contributed by atoms with Gasteiger partial charge in [0.1, 0.15) is 5.82 Å². The molecule has 1 rings (SSSR count). The molecule has 0 saturated heterocycles. The number of hydrogen-bond acceptors (Lipinski definition) is 2. The van der Waals surface area contributed by atoms with Gasteiger partial charge in [0.15, 0.2) is 6.10 Å². The monoisotopic (exact) mass is 273 g/mol. The number of aryl methyl sites for hydroxylation is 1. The Hall–Kier alpha value is -0.850. The molecule has 0 aliphatic carbocycles. The Morgan fingerprint density at radius 2 is 1.82 bits per heavy atom. The Morgan fingerprint density at radius 1 is 1.29 bits per heavy atom. The highest BCUT2D eigenvalue weighted by molar-refractivity contribution is 5.85. The van der Waals surface area contributed by atoms with Crippen molar-refractivity contribution in [3.05, 3.63) is 35.1 Å². The van der Waals surface area contributed by atoms with Gasteiger partial charge in [-0.05, 0) is 24.1 Å². The van der Waals surface area contributed by atoms with Crippen molar-refractivity contribution < 1.29 is 22.7 Å². The molecule has 0 spiro atoms. The maximum Gasteiger partial charge on any atom is 0.416 e. The third kappa shape index (κ3) is 3.83. The Balaban J connectivity index is 0.00000256. The van der Waals surface area contributed by atoms with Crippen LogP contribution in [-0.2, 0) is 0 Å². The molecule has 0 aromatic heterocycles. The van der Waals surface area contributed by atoms with E-state index in [0.717, 1.165) is 12.1 Å². The van der Waals surface area contributed by atoms with Gasteiger partial charge in [0.05, 0.1) is 6.04 Å². The lowest BCUT2D eigenvalue weighted by Crippen LogP contribution is -2.38. The van der Waals surface area contributed by atoms with E-state index >= 15 is 0 Å². The van der Waals surface area contributed by atoms with Crippen LogP contribution in [0.25, 0.3) is 0 Å². The van der Waals surface area contributed by atoms with E-state index in [1.807, 2.05) is 0 Å². The summed E-state index contributed by atoms with van der Waals surface area (Å²) in [7, 11) is 0. The van der Waals surface area contributed by atoms with E-state index in [4.69, 9.17) is 10.8 Å². The minimum absolute atomic E-state index is 0. The van der Waals surface area contributed by atoms with Gasteiger partial charge in [-0.15, -0.1) is 12.4 Å². The van der Waals surface area contributed by atoms with Gasteiger partial charge in [-0.1, -0.05) is 12.1 Å². The third-order valence-electron chi connectivity index (χ3n) is 2.24. The topological polar surface area (TPSA) is 46.2 Å². The fourth-order valence-corrected chi connectivity index (χ4v) is 1.26. The maximum atomic E-state index is 12.9. The number of hydrogen-bond donors (Lipinski definition) is 2. The molecule has 0 fully saturated rings. The molecule has 1 aromatic carbocycles. The van der Waals surface area contributed by atoms with E-state index in [2.05, 4.69) is 0 Å². The molecule has 0 amide bonds. The standard InChI is InChI=1S/C10H11F4NO.ClH/c1-5-4-6(2-3-7(5)11)8(15)9(16)10(12,13)14;/h2-4,8-9,16H,15H2,1H3;1H/t8-,9-;/m1./s1. The van der Waals surface area contributed by atoms with Crippen molar-refractivity contribution in [3.63, 3.8) is 0 Å². The molecule has 0 aliphatic heterocycles. The second-order valence-corrected chi connectivity index (χ2v) is 3.52. The van der Waals surface area contributed by atoms with Gasteiger partial charge in [0.2, 0.25) is 0 Å². The predicted octanol–water partition coefficient (Wildman–Crippen LogP) is 2.48. The average Bonchev–Trinajstić information content (AvgIpc) is 2.18. The van der Waals surface area contributed by atoms with Crippen molar-refractivity contribution in [2.45, 2.75) is 25.2 Å². The second kappa shape index (κ2) is 5.66. The highest BCUT2D eigenvalue weighted by atomic mass is 35.5. The van der Waals surface area contributed by atoms with Crippen molar-refractivity contribution in [2.75, 3.05) is 0 Å². The summed E-state index contributed by atoms with van der Waals surface area (Å²) in [6.07, 6.45) is -7.45. The Bertz CT molecular complexity index is 383. The number of halogens is 5. The molecule has 1 aromatic rings. The lowest BCUT2D eigenvalue weighted by atomic mass is 10.00. The van der Waals surface area contributed by atoms with Gasteiger partial charge in [-0.25, -0.2) is 4.39 Å². The maximum absolute atomic E-state index is 12.9. The van der Waals surface area contributed by atoms with E-state index in [1.54, 1.807) is 0 Å². The largest absolute Gasteiger partial charge is 0.416 e. The SMILES string of the molecule is Cc1cc([C@@H](N)[C@@H](O)C(F)(F)F)ccc1F.Cl. The van der Waals surface area contributed by atoms with Crippen LogP contribution in [0.1, 0.15) is 17.2 Å². The summed E-state index contributed by atoms with van der Waals surface area (Å²) in [6.45, 7) is 1.41. The van der Waals surface area contributed by atoms with Gasteiger partial charge in [0, 0.05) is 0 Å². The lowest BCUT2D eigenvalue weighted by molar-refractivity contribution is -0.210. The summed E-state index contributed by atoms with van der Waals surface area (Å²) < 4.78 is 49.4. The normalized spacial score (nSPS) is 15.0. The molecule has 0 radical (unpaired) electrons. The third-order valence-corrected chi connectivity index (χ3v) is 2.24. The van der Waals surface area contributed by atoms with E-state index < -0.39 is 24.1 Å². The quantitative estimate of drug-likeness (QED) is 0.813. The Labute approximate surface area is 102 Å². The highest BCUT2D eigenvalue weighted by Crippen LogP contribution is 2.29. The Morgan fingerprint density at radius 3 is 2.24 bits per heavy atom. The first-order chi connectivity index (χ1) is 7.23. The number of alkyl halides is 3. The van der Waals surface area contributed by atoms with Crippen LogP contribution in [0.3, 0.4) is 0 Å². The van der Waals surface area contributed by atoms with Crippen molar-refractivity contribution in [1.29, 1.82) is 0 Å². The van der Waals surface area contributed by atoms with Gasteiger partial charge in [-0.3, -0.25) is 0 Å². The van der Waals surface area contributed by atoms with Crippen LogP contribution in [0, 0.1) is 12.7 Å². The zero-order valence-electron chi connectivity index (χ0n) is 8.83. The van der Waals surface area contributed by atoms with Crippen LogP contribution in [0.5, 0.6) is 0 Å². The molecule has 0 unspecified atom stereocenters. The Kier molecular flexibility index (Phi) is 5.38. The van der Waals surface area contributed by atoms with Gasteiger partial charge >= 0.3 is 6.18 Å². The number of rotatable bonds is 2. The first-order valence-corrected chi connectivity index (χ1v) is 4.50. The molecular formula is C10H12ClF4NO. The minimum Gasteiger partial charge on any atom is -0.382 e. The summed E-state index contributed by atoms with van der Waals surface area (Å²) in [6, 6.07) is 1.73. The van der Waals surface area contributed by atoms with Crippen molar-refractivity contribution >= 4 is 12.4 Å². The summed E-state index contributed by atoms with van der Waals surface area (Å²) in [5, 5.41) is 8.92. The highest BCUT2D eigenvalue weighted by Gasteiger charge is 2.42. The zero-order valence-corrected chi connectivity index (χ0v) is 9.65. The van der Waals surface area contributed by atoms with Gasteiger partial charge < -0.3 is 10.8 Å². The van der Waals surface area contributed by atoms with Crippen LogP contribution in [-0.4, -0.2) is 17.4 Å². The van der Waals surface area contributed by atoms with E-state index in [0.29, 0.717) is 0 Å². The summed E-state index contributed by atoms with van der Waals surface area (Å²) in [4.78, 5) is 0. The molecule has 0 saturated carbocycles. The van der Waals surface area contributed by atoms with Crippen LogP contribution < -0.4 is 5.73 Å². The summed E-state index contributed by atoms with van der Waals surface area (Å²) in [5.41, 5.74) is 5.48. The molecule has 3 N–H and O–H groups in total. The van der Waals surface area contributed by atoms with Crippen LogP contribution in [0.15, 0.2) is 18.2 Å². The van der Waals surface area contributed by atoms with Crippen molar-refractivity contribution in [1.82, 2.24) is 0 Å². The minimum atomic E-state index is -4.79. The predicted molar refractivity (Wildman–Crippen MR) is 57.4 cm³/mol. The van der Waals surface area contributed by atoms with Gasteiger partial charge in [-0.2, -0.15) is 13.2 Å². The molecule has 0 bridgehead atoms. The van der Waals surface area contributed by atoms with Crippen molar-refractivity contribution in [3.8, 4) is 0 Å². The van der Waals surface area contributed by atoms with E-state index in [-0.39, 0.29) is 23.5 Å². The zero-order chi connectivity index (χ0) is 12.5. The molecular weight excluding hydrogens is 262 g/mol. The van der Waals surface area contributed by atoms with Gasteiger partial charge in [0.25, 0.3) is 0 Å². The lowest BCUT2D eigenvalue weighted by Gasteiger charge is -2.21. The molecule has 7 heteroatoms. The smallest absolute Gasteiger partial charge is 0.382 e. The van der Waals surface area contributed by atoms with Crippen molar-refractivity contribution in [2.24, 2.45) is 5.73 Å². The number of aliphatic hydroxyl groups is 1. The van der Waals surface area contributed by atoms with E-state index in [9.17, 15) is 17.6 Å². The average molecular weight is 274 g/mol. The molecule has 98 valence electrons. The molecule has 17 heavy (non-hydrogen) atoms. The van der Waals surface area contributed by atoms with Crippen LogP contribution in [0.2, 0.25) is 0 Å². The summed E-state index contributed by atoms with van der Waals surface area (Å²) in [5.74, 6) is -0.530. The number of aliphatic hydroxyl groups excluding tert-OH is 1. The number of benzene rings is 1. The molecule has 0 aliphatic rings.